The summed E-state index contributed by atoms with van der Waals surface area (Å²) in [6, 6.07) is 0. The van der Waals surface area contributed by atoms with Crippen LogP contribution in [0.25, 0.3) is 0 Å². The molecular formula is C9H16N2O3. The third kappa shape index (κ3) is 2.70. The Kier molecular flexibility index (Phi) is 3.88. The Morgan fingerprint density at radius 2 is 2.14 bits per heavy atom. The van der Waals surface area contributed by atoms with E-state index in [1.807, 2.05) is 6.92 Å². The highest BCUT2D eigenvalue weighted by atomic mass is 16.4. The second-order valence-corrected chi connectivity index (χ2v) is 3.42. The summed E-state index contributed by atoms with van der Waals surface area (Å²) in [6.45, 7) is 4.22. The van der Waals surface area contributed by atoms with Gasteiger partial charge in [-0.1, -0.05) is 0 Å². The fraction of sp³-hybridized carbons (Fsp3) is 0.778. The molecule has 0 saturated carbocycles. The highest BCUT2D eigenvalue weighted by molar-refractivity contribution is 5.80. The van der Waals surface area contributed by atoms with E-state index in [1.54, 1.807) is 4.90 Å². The molecule has 1 aliphatic rings. The monoisotopic (exact) mass is 200 g/mol. The van der Waals surface area contributed by atoms with Crippen molar-refractivity contribution in [3.8, 4) is 0 Å². The van der Waals surface area contributed by atoms with E-state index >= 15 is 0 Å². The highest BCUT2D eigenvalue weighted by Crippen LogP contribution is 2.08. The first-order chi connectivity index (χ1) is 6.65. The van der Waals surface area contributed by atoms with Crippen LogP contribution in [0.3, 0.4) is 0 Å². The molecule has 5 nitrogen and oxygen atoms in total. The molecule has 2 N–H and O–H groups in total. The lowest BCUT2D eigenvalue weighted by Gasteiger charge is -2.31. The van der Waals surface area contributed by atoms with Crippen LogP contribution in [0.1, 0.15) is 13.3 Å². The van der Waals surface area contributed by atoms with Crippen LogP contribution in [-0.2, 0) is 9.59 Å². The first-order valence-electron chi connectivity index (χ1n) is 4.86. The SMILES string of the molecule is CCN(CCC(=O)O)C(=O)C1CNC1. The van der Waals surface area contributed by atoms with Crippen molar-refractivity contribution in [3.63, 3.8) is 0 Å². The third-order valence-electron chi connectivity index (χ3n) is 2.42. The molecule has 80 valence electrons. The molecule has 0 unspecified atom stereocenters. The van der Waals surface area contributed by atoms with Crippen molar-refractivity contribution < 1.29 is 14.7 Å². The zero-order valence-corrected chi connectivity index (χ0v) is 8.32. The smallest absolute Gasteiger partial charge is 0.305 e. The number of carboxylic acid groups (broad SMARTS) is 1. The lowest BCUT2D eigenvalue weighted by molar-refractivity contribution is -0.140. The Morgan fingerprint density at radius 3 is 2.50 bits per heavy atom. The molecule has 0 aromatic heterocycles. The summed E-state index contributed by atoms with van der Waals surface area (Å²) in [5.74, 6) is -0.723. The molecule has 0 spiro atoms. The van der Waals surface area contributed by atoms with Gasteiger partial charge in [-0.15, -0.1) is 0 Å². The number of hydrogen-bond acceptors (Lipinski definition) is 3. The molecule has 0 aromatic rings. The van der Waals surface area contributed by atoms with Gasteiger partial charge in [-0.25, -0.2) is 0 Å². The predicted molar refractivity (Wildman–Crippen MR) is 50.9 cm³/mol. The predicted octanol–water partition coefficient (Wildman–Crippen LogP) is -0.471. The molecule has 0 aromatic carbocycles. The number of carbonyl (C=O) groups excluding carboxylic acids is 1. The number of nitrogens with zero attached hydrogens (tertiary/aromatic N) is 1. The zero-order chi connectivity index (χ0) is 10.6. The minimum Gasteiger partial charge on any atom is -0.481 e. The summed E-state index contributed by atoms with van der Waals surface area (Å²) in [5.41, 5.74) is 0. The molecule has 1 aliphatic heterocycles. The first-order valence-corrected chi connectivity index (χ1v) is 4.86. The zero-order valence-electron chi connectivity index (χ0n) is 8.32. The Labute approximate surface area is 83.1 Å². The molecule has 1 amide bonds. The van der Waals surface area contributed by atoms with Crippen LogP contribution >= 0.6 is 0 Å². The summed E-state index contributed by atoms with van der Waals surface area (Å²) >= 11 is 0. The van der Waals surface area contributed by atoms with Gasteiger partial charge in [0, 0.05) is 26.2 Å². The minimum absolute atomic E-state index is 0.0275. The minimum atomic E-state index is -0.858. The number of hydrogen-bond donors (Lipinski definition) is 2. The first kappa shape index (κ1) is 11.0. The van der Waals surface area contributed by atoms with Gasteiger partial charge in [0.15, 0.2) is 0 Å². The Morgan fingerprint density at radius 1 is 1.50 bits per heavy atom. The number of aliphatic carboxylic acids is 1. The summed E-state index contributed by atoms with van der Waals surface area (Å²) < 4.78 is 0. The van der Waals surface area contributed by atoms with Crippen molar-refractivity contribution in [2.45, 2.75) is 13.3 Å². The molecule has 0 atom stereocenters. The molecule has 5 heteroatoms. The second-order valence-electron chi connectivity index (χ2n) is 3.42. The van der Waals surface area contributed by atoms with E-state index in [2.05, 4.69) is 5.32 Å². The van der Waals surface area contributed by atoms with E-state index in [0.29, 0.717) is 13.1 Å². The molecule has 14 heavy (non-hydrogen) atoms. The molecule has 1 fully saturated rings. The van der Waals surface area contributed by atoms with Gasteiger partial charge < -0.3 is 15.3 Å². The van der Waals surface area contributed by atoms with E-state index in [4.69, 9.17) is 5.11 Å². The molecule has 1 saturated heterocycles. The molecule has 0 radical (unpaired) electrons. The lowest BCUT2D eigenvalue weighted by Crippen LogP contribution is -2.52. The number of nitrogens with one attached hydrogen (secondary N) is 1. The van der Waals surface area contributed by atoms with Crippen molar-refractivity contribution in [1.82, 2.24) is 10.2 Å². The van der Waals surface area contributed by atoms with Crippen LogP contribution in [0.4, 0.5) is 0 Å². The summed E-state index contributed by atoms with van der Waals surface area (Å²) in [4.78, 5) is 23.6. The third-order valence-corrected chi connectivity index (χ3v) is 2.42. The average Bonchev–Trinajstić information content (AvgIpc) is 2.01. The van der Waals surface area contributed by atoms with Gasteiger partial charge in [-0.3, -0.25) is 9.59 Å². The Balaban J connectivity index is 2.35. The summed E-state index contributed by atoms with van der Waals surface area (Å²) in [6.07, 6.45) is 0.0275. The largest absolute Gasteiger partial charge is 0.481 e. The maximum absolute atomic E-state index is 11.7. The molecule has 0 bridgehead atoms. The second kappa shape index (κ2) is 4.95. The normalized spacial score (nSPS) is 16.1. The van der Waals surface area contributed by atoms with Gasteiger partial charge in [-0.2, -0.15) is 0 Å². The number of amides is 1. The maximum Gasteiger partial charge on any atom is 0.305 e. The Hall–Kier alpha value is -1.10. The van der Waals surface area contributed by atoms with E-state index in [1.165, 1.54) is 0 Å². The van der Waals surface area contributed by atoms with E-state index < -0.39 is 5.97 Å². The van der Waals surface area contributed by atoms with Crippen LogP contribution in [0.2, 0.25) is 0 Å². The number of rotatable bonds is 5. The van der Waals surface area contributed by atoms with Gasteiger partial charge in [-0.05, 0) is 6.92 Å². The summed E-state index contributed by atoms with van der Waals surface area (Å²) in [5, 5.41) is 11.5. The van der Waals surface area contributed by atoms with Gasteiger partial charge >= 0.3 is 5.97 Å². The standard InChI is InChI=1S/C9H16N2O3/c1-2-11(4-3-8(12)13)9(14)7-5-10-6-7/h7,10H,2-6H2,1H3,(H,12,13). The van der Waals surface area contributed by atoms with E-state index in [0.717, 1.165) is 13.1 Å². The van der Waals surface area contributed by atoms with Crippen LogP contribution in [-0.4, -0.2) is 48.1 Å². The van der Waals surface area contributed by atoms with Gasteiger partial charge in [0.25, 0.3) is 0 Å². The van der Waals surface area contributed by atoms with Crippen molar-refractivity contribution in [2.24, 2.45) is 5.92 Å². The van der Waals surface area contributed by atoms with Crippen molar-refractivity contribution in [2.75, 3.05) is 26.2 Å². The fourth-order valence-electron chi connectivity index (χ4n) is 1.38. The molecule has 0 aliphatic carbocycles. The lowest BCUT2D eigenvalue weighted by atomic mass is 10.0. The average molecular weight is 200 g/mol. The maximum atomic E-state index is 11.7. The van der Waals surface area contributed by atoms with Gasteiger partial charge in [0.1, 0.15) is 0 Å². The van der Waals surface area contributed by atoms with Crippen molar-refractivity contribution >= 4 is 11.9 Å². The number of carbonyl (C=O) groups is 2. The topological polar surface area (TPSA) is 69.6 Å². The highest BCUT2D eigenvalue weighted by Gasteiger charge is 2.28. The quantitative estimate of drug-likeness (QED) is 0.629. The molecular weight excluding hydrogens is 184 g/mol. The Bertz CT molecular complexity index is 226. The molecule has 1 rings (SSSR count). The van der Waals surface area contributed by atoms with Gasteiger partial charge in [0.05, 0.1) is 12.3 Å². The van der Waals surface area contributed by atoms with Crippen LogP contribution in [0.15, 0.2) is 0 Å². The van der Waals surface area contributed by atoms with Crippen molar-refractivity contribution in [3.05, 3.63) is 0 Å². The van der Waals surface area contributed by atoms with Crippen molar-refractivity contribution in [1.29, 1.82) is 0 Å². The van der Waals surface area contributed by atoms with Gasteiger partial charge in [0.2, 0.25) is 5.91 Å². The summed E-state index contributed by atoms with van der Waals surface area (Å²) in [7, 11) is 0. The van der Waals surface area contributed by atoms with E-state index in [9.17, 15) is 9.59 Å². The van der Waals surface area contributed by atoms with Crippen LogP contribution < -0.4 is 5.32 Å². The van der Waals surface area contributed by atoms with Crippen LogP contribution in [0, 0.1) is 5.92 Å². The fourth-order valence-corrected chi connectivity index (χ4v) is 1.38. The van der Waals surface area contributed by atoms with Crippen LogP contribution in [0.5, 0.6) is 0 Å². The number of carboxylic acids is 1. The van der Waals surface area contributed by atoms with E-state index in [-0.39, 0.29) is 18.2 Å². The molecule has 1 heterocycles.